The first-order valence-electron chi connectivity index (χ1n) is 10.1. The molecule has 1 fully saturated rings. The Morgan fingerprint density at radius 2 is 1.87 bits per heavy atom. The van der Waals surface area contributed by atoms with Crippen molar-refractivity contribution >= 4 is 5.78 Å². The molecule has 3 rings (SSSR count). The summed E-state index contributed by atoms with van der Waals surface area (Å²) in [5.41, 5.74) is 0.751. The van der Waals surface area contributed by atoms with Crippen molar-refractivity contribution < 1.29 is 18.7 Å². The second-order valence-corrected chi connectivity index (χ2v) is 7.78. The molecule has 1 aliphatic rings. The molecule has 0 amide bonds. The number of ketones is 1. The van der Waals surface area contributed by atoms with Crippen LogP contribution in [0.5, 0.6) is 5.88 Å². The van der Waals surface area contributed by atoms with Crippen LogP contribution in [0.1, 0.15) is 51.5 Å². The van der Waals surface area contributed by atoms with Gasteiger partial charge in [-0.3, -0.25) is 0 Å². The Morgan fingerprint density at radius 1 is 1.20 bits per heavy atom. The number of hydrogen-bond donors (Lipinski definition) is 0. The molecule has 0 spiro atoms. The van der Waals surface area contributed by atoms with E-state index >= 15 is 0 Å². The number of hydrogen-bond acceptors (Lipinski definition) is 7. The Balaban J connectivity index is 1.50. The Hall–Kier alpha value is -2.92. The quantitative estimate of drug-likeness (QED) is 0.649. The van der Waals surface area contributed by atoms with Crippen LogP contribution in [0.15, 0.2) is 24.7 Å². The first kappa shape index (κ1) is 21.8. The van der Waals surface area contributed by atoms with Crippen LogP contribution in [0.3, 0.4) is 0 Å². The van der Waals surface area contributed by atoms with E-state index in [-0.39, 0.29) is 29.8 Å². The summed E-state index contributed by atoms with van der Waals surface area (Å²) >= 11 is 0. The number of ether oxygens (including phenoxy) is 2. The minimum absolute atomic E-state index is 0.0353. The number of pyridine rings is 1. The van der Waals surface area contributed by atoms with Gasteiger partial charge in [-0.25, -0.2) is 19.3 Å². The molecule has 0 aromatic carbocycles. The van der Waals surface area contributed by atoms with E-state index in [9.17, 15) is 9.18 Å². The average Bonchev–Trinajstić information content (AvgIpc) is 2.74. The van der Waals surface area contributed by atoms with Gasteiger partial charge in [-0.15, -0.1) is 0 Å². The SMILES string of the molecule is CC(=O)C[C@@H](C)COC1CCC(Oc2ncc(-c3ncc(C#N)cn3)cc2F)CC1. The van der Waals surface area contributed by atoms with Gasteiger partial charge in [-0.2, -0.15) is 5.26 Å². The summed E-state index contributed by atoms with van der Waals surface area (Å²) in [6.07, 6.45) is 7.97. The number of carbonyl (C=O) groups is 1. The first-order valence-corrected chi connectivity index (χ1v) is 10.1. The van der Waals surface area contributed by atoms with Crippen molar-refractivity contribution in [1.82, 2.24) is 15.0 Å². The van der Waals surface area contributed by atoms with Crippen LogP contribution in [0.4, 0.5) is 4.39 Å². The van der Waals surface area contributed by atoms with E-state index in [4.69, 9.17) is 14.7 Å². The van der Waals surface area contributed by atoms with Gasteiger partial charge in [0.2, 0.25) is 0 Å². The van der Waals surface area contributed by atoms with Gasteiger partial charge in [0.05, 0.1) is 11.7 Å². The van der Waals surface area contributed by atoms with Crippen LogP contribution >= 0.6 is 0 Å². The lowest BCUT2D eigenvalue weighted by atomic mass is 9.94. The zero-order valence-corrected chi connectivity index (χ0v) is 17.2. The lowest BCUT2D eigenvalue weighted by Crippen LogP contribution is -2.30. The highest BCUT2D eigenvalue weighted by molar-refractivity contribution is 5.75. The molecule has 0 N–H and O–H groups in total. The average molecular weight is 412 g/mol. The highest BCUT2D eigenvalue weighted by atomic mass is 19.1. The minimum Gasteiger partial charge on any atom is -0.472 e. The lowest BCUT2D eigenvalue weighted by molar-refractivity contribution is -0.118. The summed E-state index contributed by atoms with van der Waals surface area (Å²) in [6.45, 7) is 4.18. The molecule has 2 aromatic rings. The molecule has 30 heavy (non-hydrogen) atoms. The highest BCUT2D eigenvalue weighted by Crippen LogP contribution is 2.27. The molecule has 2 heterocycles. The topological polar surface area (TPSA) is 98.0 Å². The van der Waals surface area contributed by atoms with E-state index in [1.165, 1.54) is 24.7 Å². The fourth-order valence-electron chi connectivity index (χ4n) is 3.49. The zero-order valence-electron chi connectivity index (χ0n) is 17.2. The Morgan fingerprint density at radius 3 is 2.47 bits per heavy atom. The number of Topliss-reactive ketones (excluding diaryl/α,β-unsaturated/α-hetero) is 1. The van der Waals surface area contributed by atoms with E-state index in [2.05, 4.69) is 15.0 Å². The van der Waals surface area contributed by atoms with Crippen molar-refractivity contribution in [2.45, 2.75) is 58.2 Å². The van der Waals surface area contributed by atoms with Crippen LogP contribution in [0.25, 0.3) is 11.4 Å². The number of aromatic nitrogens is 3. The molecule has 7 nitrogen and oxygen atoms in total. The van der Waals surface area contributed by atoms with Crippen molar-refractivity contribution in [3.63, 3.8) is 0 Å². The van der Waals surface area contributed by atoms with Crippen molar-refractivity contribution in [2.24, 2.45) is 5.92 Å². The maximum Gasteiger partial charge on any atom is 0.250 e. The van der Waals surface area contributed by atoms with E-state index in [0.29, 0.717) is 30.0 Å². The van der Waals surface area contributed by atoms with E-state index in [0.717, 1.165) is 25.7 Å². The van der Waals surface area contributed by atoms with E-state index in [1.54, 1.807) is 6.92 Å². The third-order valence-corrected chi connectivity index (χ3v) is 5.00. The maximum atomic E-state index is 14.5. The van der Waals surface area contributed by atoms with Crippen LogP contribution in [-0.2, 0) is 9.53 Å². The molecule has 0 radical (unpaired) electrons. The van der Waals surface area contributed by atoms with Gasteiger partial charge in [0.1, 0.15) is 18.0 Å². The Kier molecular flexibility index (Phi) is 7.41. The fraction of sp³-hybridized carbons (Fsp3) is 0.500. The minimum atomic E-state index is -0.572. The molecule has 2 aromatic heterocycles. The summed E-state index contributed by atoms with van der Waals surface area (Å²) in [7, 11) is 0. The molecule has 8 heteroatoms. The van der Waals surface area contributed by atoms with Gasteiger partial charge in [0.25, 0.3) is 5.88 Å². The predicted molar refractivity (Wildman–Crippen MR) is 107 cm³/mol. The zero-order chi connectivity index (χ0) is 21.5. The standard InChI is InChI=1S/C22H25FN4O3/c1-14(7-15(2)28)13-29-18-3-5-19(6-4-18)30-22-20(23)8-17(12-27-22)21-25-10-16(9-24)11-26-21/h8,10-12,14,18-19H,3-7,13H2,1-2H3/t14-,18?,19?/m1/s1. The van der Waals surface area contributed by atoms with Crippen LogP contribution in [0, 0.1) is 23.1 Å². The summed E-state index contributed by atoms with van der Waals surface area (Å²) in [6, 6.07) is 3.22. The number of carbonyl (C=O) groups excluding carboxylic acids is 1. The van der Waals surface area contributed by atoms with Gasteiger partial charge in [0, 0.05) is 37.2 Å². The Bertz CT molecular complexity index is 906. The molecular formula is C22H25FN4O3. The summed E-state index contributed by atoms with van der Waals surface area (Å²) < 4.78 is 26.2. The predicted octanol–water partition coefficient (Wildman–Crippen LogP) is 3.87. The van der Waals surface area contributed by atoms with Crippen LogP contribution in [0.2, 0.25) is 0 Å². The number of halogens is 1. The second-order valence-electron chi connectivity index (χ2n) is 7.78. The molecule has 0 saturated heterocycles. The van der Waals surface area contributed by atoms with Gasteiger partial charge in [-0.1, -0.05) is 6.92 Å². The Labute approximate surface area is 175 Å². The molecule has 0 unspecified atom stereocenters. The highest BCUT2D eigenvalue weighted by Gasteiger charge is 2.25. The molecule has 1 saturated carbocycles. The smallest absolute Gasteiger partial charge is 0.250 e. The summed E-state index contributed by atoms with van der Waals surface area (Å²) in [4.78, 5) is 23.3. The summed E-state index contributed by atoms with van der Waals surface area (Å²) in [5.74, 6) is 0.0789. The molecular weight excluding hydrogens is 387 g/mol. The largest absolute Gasteiger partial charge is 0.472 e. The fourth-order valence-corrected chi connectivity index (χ4v) is 3.49. The van der Waals surface area contributed by atoms with Gasteiger partial charge < -0.3 is 14.3 Å². The summed E-state index contributed by atoms with van der Waals surface area (Å²) in [5, 5.41) is 8.80. The lowest BCUT2D eigenvalue weighted by Gasteiger charge is -2.29. The van der Waals surface area contributed by atoms with Crippen molar-refractivity contribution in [3.8, 4) is 23.3 Å². The van der Waals surface area contributed by atoms with E-state index < -0.39 is 5.82 Å². The molecule has 158 valence electrons. The number of rotatable bonds is 8. The van der Waals surface area contributed by atoms with Crippen molar-refractivity contribution in [1.29, 1.82) is 5.26 Å². The molecule has 1 atom stereocenters. The maximum absolute atomic E-state index is 14.5. The third-order valence-electron chi connectivity index (χ3n) is 5.00. The number of nitrogens with zero attached hydrogens (tertiary/aromatic N) is 4. The normalized spacial score (nSPS) is 19.7. The molecule has 1 aliphatic carbocycles. The van der Waals surface area contributed by atoms with Crippen molar-refractivity contribution in [2.75, 3.05) is 6.61 Å². The van der Waals surface area contributed by atoms with Crippen molar-refractivity contribution in [3.05, 3.63) is 36.0 Å². The van der Waals surface area contributed by atoms with Gasteiger partial charge in [-0.05, 0) is 44.6 Å². The molecule has 0 bridgehead atoms. The van der Waals surface area contributed by atoms with E-state index in [1.807, 2.05) is 13.0 Å². The van der Waals surface area contributed by atoms with Gasteiger partial charge in [0.15, 0.2) is 11.6 Å². The monoisotopic (exact) mass is 412 g/mol. The van der Waals surface area contributed by atoms with Crippen LogP contribution < -0.4 is 4.74 Å². The number of nitriles is 1. The van der Waals surface area contributed by atoms with Crippen LogP contribution in [-0.4, -0.2) is 39.5 Å². The molecule has 0 aliphatic heterocycles. The second kappa shape index (κ2) is 10.2. The van der Waals surface area contributed by atoms with Gasteiger partial charge >= 0.3 is 0 Å². The third kappa shape index (κ3) is 6.04. The first-order chi connectivity index (χ1) is 14.4.